The third kappa shape index (κ3) is 3.02. The van der Waals surface area contributed by atoms with Gasteiger partial charge in [0.05, 0.1) is 11.9 Å². The highest BCUT2D eigenvalue weighted by Crippen LogP contribution is 2.21. The summed E-state index contributed by atoms with van der Waals surface area (Å²) in [5.74, 6) is 0. The van der Waals surface area contributed by atoms with Crippen LogP contribution in [0.2, 0.25) is 0 Å². The van der Waals surface area contributed by atoms with Gasteiger partial charge in [-0.1, -0.05) is 20.3 Å². The Hall–Kier alpha value is -1.09. The molecule has 1 N–H and O–H groups in total. The van der Waals surface area contributed by atoms with Crippen LogP contribution in [-0.4, -0.2) is 30.2 Å². The lowest BCUT2D eigenvalue weighted by Gasteiger charge is -2.41. The van der Waals surface area contributed by atoms with Gasteiger partial charge in [0.25, 0.3) is 0 Å². The molecule has 3 nitrogen and oxygen atoms in total. The van der Waals surface area contributed by atoms with Crippen LogP contribution in [0, 0.1) is 6.92 Å². The van der Waals surface area contributed by atoms with E-state index in [0.717, 1.165) is 18.8 Å². The summed E-state index contributed by atoms with van der Waals surface area (Å²) in [5, 5.41) is 3.67. The van der Waals surface area contributed by atoms with Crippen molar-refractivity contribution < 1.29 is 0 Å². The van der Waals surface area contributed by atoms with Gasteiger partial charge in [0.15, 0.2) is 0 Å². The van der Waals surface area contributed by atoms with Crippen molar-refractivity contribution in [3.63, 3.8) is 0 Å². The van der Waals surface area contributed by atoms with E-state index in [-0.39, 0.29) is 0 Å². The number of nitrogens with one attached hydrogen (secondary N) is 1. The van der Waals surface area contributed by atoms with E-state index in [1.54, 1.807) is 0 Å². The van der Waals surface area contributed by atoms with Gasteiger partial charge in [0.1, 0.15) is 0 Å². The highest BCUT2D eigenvalue weighted by Gasteiger charge is 2.26. The van der Waals surface area contributed by atoms with Crippen molar-refractivity contribution in [1.29, 1.82) is 0 Å². The van der Waals surface area contributed by atoms with Crippen LogP contribution in [0.3, 0.4) is 0 Å². The van der Waals surface area contributed by atoms with Crippen LogP contribution >= 0.6 is 0 Å². The molecule has 0 aliphatic carbocycles. The Balaban J connectivity index is 2.12. The first-order valence-corrected chi connectivity index (χ1v) is 7.17. The predicted molar refractivity (Wildman–Crippen MR) is 77.1 cm³/mol. The number of pyridine rings is 1. The van der Waals surface area contributed by atoms with Gasteiger partial charge in [0.2, 0.25) is 0 Å². The van der Waals surface area contributed by atoms with Crippen molar-refractivity contribution in [2.75, 3.05) is 18.0 Å². The molecular formula is C15H25N3. The molecule has 1 aliphatic heterocycles. The Bertz CT molecular complexity index is 361. The maximum atomic E-state index is 4.43. The third-order valence-corrected chi connectivity index (χ3v) is 3.84. The Morgan fingerprint density at radius 3 is 2.83 bits per heavy atom. The molecule has 2 heterocycles. The lowest BCUT2D eigenvalue weighted by Crippen LogP contribution is -2.56. The van der Waals surface area contributed by atoms with Gasteiger partial charge in [-0.3, -0.25) is 4.98 Å². The average Bonchev–Trinajstić information content (AvgIpc) is 2.40. The second-order valence-electron chi connectivity index (χ2n) is 5.27. The second kappa shape index (κ2) is 6.19. The summed E-state index contributed by atoms with van der Waals surface area (Å²) in [5.41, 5.74) is 2.36. The number of anilines is 1. The molecule has 18 heavy (non-hydrogen) atoms. The molecule has 2 rings (SSSR count). The largest absolute Gasteiger partial charge is 0.364 e. The first-order chi connectivity index (χ1) is 8.74. The highest BCUT2D eigenvalue weighted by atomic mass is 15.2. The molecule has 2 unspecified atom stereocenters. The summed E-state index contributed by atoms with van der Waals surface area (Å²) >= 11 is 0. The van der Waals surface area contributed by atoms with Gasteiger partial charge >= 0.3 is 0 Å². The summed E-state index contributed by atoms with van der Waals surface area (Å²) in [4.78, 5) is 6.96. The lowest BCUT2D eigenvalue weighted by atomic mass is 10.0. The minimum atomic E-state index is 0.600. The predicted octanol–water partition coefficient (Wildman–Crippen LogP) is 2.75. The van der Waals surface area contributed by atoms with Crippen molar-refractivity contribution in [2.24, 2.45) is 0 Å². The summed E-state index contributed by atoms with van der Waals surface area (Å²) in [7, 11) is 0. The van der Waals surface area contributed by atoms with Crippen LogP contribution in [0.15, 0.2) is 18.3 Å². The fourth-order valence-corrected chi connectivity index (χ4v) is 2.72. The fraction of sp³-hybridized carbons (Fsp3) is 0.667. The summed E-state index contributed by atoms with van der Waals surface area (Å²) in [6.07, 6.45) is 5.70. The van der Waals surface area contributed by atoms with E-state index in [2.05, 4.69) is 41.2 Å². The van der Waals surface area contributed by atoms with Crippen LogP contribution < -0.4 is 10.2 Å². The van der Waals surface area contributed by atoms with Crippen LogP contribution in [0.5, 0.6) is 0 Å². The van der Waals surface area contributed by atoms with E-state index >= 15 is 0 Å². The molecule has 1 aliphatic rings. The van der Waals surface area contributed by atoms with Crippen molar-refractivity contribution in [3.8, 4) is 0 Å². The van der Waals surface area contributed by atoms with Gasteiger partial charge in [-0.15, -0.1) is 0 Å². The van der Waals surface area contributed by atoms with Crippen LogP contribution in [-0.2, 0) is 0 Å². The molecule has 1 aromatic heterocycles. The number of hydrogen-bond acceptors (Lipinski definition) is 3. The monoisotopic (exact) mass is 247 g/mol. The summed E-state index contributed by atoms with van der Waals surface area (Å²) in [6, 6.07) is 5.54. The minimum Gasteiger partial charge on any atom is -0.364 e. The molecular weight excluding hydrogens is 222 g/mol. The van der Waals surface area contributed by atoms with Gasteiger partial charge in [-0.25, -0.2) is 0 Å². The molecule has 0 radical (unpaired) electrons. The molecule has 0 bridgehead atoms. The normalized spacial score (nSPS) is 24.3. The zero-order valence-electron chi connectivity index (χ0n) is 11.8. The SMILES string of the molecule is CCCC1CN(c2ccc(C)nc2)C(CC)CN1. The summed E-state index contributed by atoms with van der Waals surface area (Å²) < 4.78 is 0. The number of nitrogens with zero attached hydrogens (tertiary/aromatic N) is 2. The minimum absolute atomic E-state index is 0.600. The van der Waals surface area contributed by atoms with Crippen molar-refractivity contribution in [2.45, 2.75) is 52.1 Å². The molecule has 0 amide bonds. The van der Waals surface area contributed by atoms with E-state index in [0.29, 0.717) is 12.1 Å². The number of hydrogen-bond donors (Lipinski definition) is 1. The number of aromatic nitrogens is 1. The molecule has 1 fully saturated rings. The maximum absolute atomic E-state index is 4.43. The zero-order chi connectivity index (χ0) is 13.0. The first-order valence-electron chi connectivity index (χ1n) is 7.17. The van der Waals surface area contributed by atoms with Crippen LogP contribution in [0.4, 0.5) is 5.69 Å². The standard InChI is InChI=1S/C15H25N3/c1-4-6-13-11-18(14(5-2)9-17-13)15-8-7-12(3)16-10-15/h7-8,10,13-14,17H,4-6,9,11H2,1-3H3. The first kappa shape index (κ1) is 13.3. The van der Waals surface area contributed by atoms with E-state index in [1.807, 2.05) is 13.1 Å². The summed E-state index contributed by atoms with van der Waals surface area (Å²) in [6.45, 7) is 8.76. The Morgan fingerprint density at radius 2 is 2.22 bits per heavy atom. The van der Waals surface area contributed by atoms with Gasteiger partial charge < -0.3 is 10.2 Å². The highest BCUT2D eigenvalue weighted by molar-refractivity contribution is 5.46. The van der Waals surface area contributed by atoms with Gasteiger partial charge in [0, 0.05) is 30.9 Å². The zero-order valence-corrected chi connectivity index (χ0v) is 11.8. The molecule has 1 saturated heterocycles. The van der Waals surface area contributed by atoms with E-state index < -0.39 is 0 Å². The number of rotatable bonds is 4. The maximum Gasteiger partial charge on any atom is 0.0556 e. The van der Waals surface area contributed by atoms with Crippen molar-refractivity contribution in [1.82, 2.24) is 10.3 Å². The Morgan fingerprint density at radius 1 is 1.39 bits per heavy atom. The number of aryl methyl sites for hydroxylation is 1. The molecule has 0 saturated carbocycles. The third-order valence-electron chi connectivity index (χ3n) is 3.84. The molecule has 3 heteroatoms. The quantitative estimate of drug-likeness (QED) is 0.886. The Labute approximate surface area is 111 Å². The van der Waals surface area contributed by atoms with Crippen molar-refractivity contribution in [3.05, 3.63) is 24.0 Å². The van der Waals surface area contributed by atoms with E-state index in [1.165, 1.54) is 24.9 Å². The van der Waals surface area contributed by atoms with Crippen LogP contribution in [0.1, 0.15) is 38.8 Å². The molecule has 1 aromatic rings. The molecule has 2 atom stereocenters. The topological polar surface area (TPSA) is 28.2 Å². The number of piperazine rings is 1. The van der Waals surface area contributed by atoms with Gasteiger partial charge in [-0.2, -0.15) is 0 Å². The molecule has 100 valence electrons. The fourth-order valence-electron chi connectivity index (χ4n) is 2.72. The average molecular weight is 247 g/mol. The smallest absolute Gasteiger partial charge is 0.0556 e. The Kier molecular flexibility index (Phi) is 4.59. The molecule has 0 aromatic carbocycles. The van der Waals surface area contributed by atoms with Crippen molar-refractivity contribution >= 4 is 5.69 Å². The second-order valence-corrected chi connectivity index (χ2v) is 5.27. The van der Waals surface area contributed by atoms with Gasteiger partial charge in [-0.05, 0) is 31.9 Å². The van der Waals surface area contributed by atoms with E-state index in [4.69, 9.17) is 0 Å². The molecule has 0 spiro atoms. The van der Waals surface area contributed by atoms with E-state index in [9.17, 15) is 0 Å². The lowest BCUT2D eigenvalue weighted by molar-refractivity contribution is 0.369. The van der Waals surface area contributed by atoms with Crippen LogP contribution in [0.25, 0.3) is 0 Å².